The summed E-state index contributed by atoms with van der Waals surface area (Å²) in [6, 6.07) is 13.1. The molecule has 6 nitrogen and oxygen atoms in total. The molecule has 0 fully saturated rings. The number of amidine groups is 1. The molecule has 4 N–H and O–H groups in total. The normalized spacial score (nSPS) is 11.8. The molecule has 0 aromatic heterocycles. The summed E-state index contributed by atoms with van der Waals surface area (Å²) >= 11 is 6.11. The van der Waals surface area contributed by atoms with Gasteiger partial charge in [0.05, 0.1) is 6.54 Å². The van der Waals surface area contributed by atoms with Crippen molar-refractivity contribution in [2.24, 2.45) is 5.73 Å². The molecule has 0 spiro atoms. The van der Waals surface area contributed by atoms with Crippen LogP contribution in [0.2, 0.25) is 0 Å². The Bertz CT molecular complexity index is 734. The summed E-state index contributed by atoms with van der Waals surface area (Å²) in [5, 5.41) is 16.9. The summed E-state index contributed by atoms with van der Waals surface area (Å²) in [4.78, 5) is 12.5. The van der Waals surface area contributed by atoms with Crippen LogP contribution in [0, 0.1) is 5.41 Å². The van der Waals surface area contributed by atoms with Gasteiger partial charge in [0.15, 0.2) is 6.10 Å². The maximum Gasteiger partial charge on any atom is 0.270 e. The van der Waals surface area contributed by atoms with E-state index in [9.17, 15) is 9.90 Å². The van der Waals surface area contributed by atoms with Gasteiger partial charge >= 0.3 is 0 Å². The summed E-state index contributed by atoms with van der Waals surface area (Å²) in [5.74, 6) is -0.424. The average molecular weight is 348 g/mol. The molecule has 0 saturated carbocycles. The molecule has 1 unspecified atom stereocenters. The Labute approximate surface area is 145 Å². The van der Waals surface area contributed by atoms with Crippen LogP contribution in [0.4, 0.5) is 0 Å². The Morgan fingerprint density at radius 3 is 2.54 bits per heavy atom. The zero-order valence-corrected chi connectivity index (χ0v) is 13.8. The van der Waals surface area contributed by atoms with Crippen LogP contribution in [-0.4, -0.2) is 28.4 Å². The first-order valence-corrected chi connectivity index (χ1v) is 7.48. The zero-order chi connectivity index (χ0) is 17.7. The summed E-state index contributed by atoms with van der Waals surface area (Å²) in [6.07, 6.45) is -0.911. The van der Waals surface area contributed by atoms with Crippen molar-refractivity contribution >= 4 is 23.5 Å². The molecule has 0 bridgehead atoms. The van der Waals surface area contributed by atoms with Crippen LogP contribution in [0.25, 0.3) is 0 Å². The molecule has 1 atom stereocenters. The van der Waals surface area contributed by atoms with E-state index in [-0.39, 0.29) is 18.1 Å². The Kier molecular flexibility index (Phi) is 5.78. The standard InChI is InChI=1S/C17H18ClN3O3/c1-24-15(13-3-2-4-14(22)9-13)17(23)21(18)10-11-5-7-12(8-6-11)16(19)20/h2-9,15,22H,10H2,1H3,(H3,19,20). The number of rotatable bonds is 6. The number of nitrogen functional groups attached to an aromatic ring is 1. The molecule has 2 aromatic carbocycles. The predicted octanol–water partition coefficient (Wildman–Crippen LogP) is 2.55. The van der Waals surface area contributed by atoms with E-state index >= 15 is 0 Å². The van der Waals surface area contributed by atoms with E-state index < -0.39 is 12.0 Å². The fraction of sp³-hybridized carbons (Fsp3) is 0.176. The average Bonchev–Trinajstić information content (AvgIpc) is 2.56. The van der Waals surface area contributed by atoms with Crippen LogP contribution in [0.1, 0.15) is 22.8 Å². The van der Waals surface area contributed by atoms with E-state index in [2.05, 4.69) is 0 Å². The van der Waals surface area contributed by atoms with E-state index in [4.69, 9.17) is 27.7 Å². The first kappa shape index (κ1) is 17.8. The van der Waals surface area contributed by atoms with Crippen molar-refractivity contribution in [3.05, 3.63) is 65.2 Å². The molecule has 1 amide bonds. The van der Waals surface area contributed by atoms with Gasteiger partial charge in [0.1, 0.15) is 11.6 Å². The van der Waals surface area contributed by atoms with Crippen LogP contribution in [0.5, 0.6) is 5.75 Å². The number of methoxy groups -OCH3 is 1. The van der Waals surface area contributed by atoms with Gasteiger partial charge in [-0.1, -0.05) is 36.4 Å². The molecule has 0 aliphatic heterocycles. The van der Waals surface area contributed by atoms with E-state index in [1.54, 1.807) is 36.4 Å². The Morgan fingerprint density at radius 1 is 1.33 bits per heavy atom. The Hall–Kier alpha value is -2.57. The second-order valence-corrected chi connectivity index (χ2v) is 5.59. The van der Waals surface area contributed by atoms with Gasteiger partial charge in [0, 0.05) is 24.4 Å². The topological polar surface area (TPSA) is 99.6 Å². The SMILES string of the molecule is COC(C(=O)N(Cl)Cc1ccc(C(=N)N)cc1)c1cccc(O)c1. The lowest BCUT2D eigenvalue weighted by atomic mass is 10.1. The van der Waals surface area contributed by atoms with E-state index in [0.717, 1.165) is 9.98 Å². The number of aromatic hydroxyl groups is 1. The van der Waals surface area contributed by atoms with Gasteiger partial charge in [0.25, 0.3) is 5.91 Å². The number of hydrogen-bond donors (Lipinski definition) is 3. The molecule has 0 heterocycles. The third-order valence-corrected chi connectivity index (χ3v) is 3.74. The largest absolute Gasteiger partial charge is 0.508 e. The lowest BCUT2D eigenvalue weighted by Gasteiger charge is -2.21. The van der Waals surface area contributed by atoms with E-state index in [0.29, 0.717) is 11.1 Å². The van der Waals surface area contributed by atoms with Gasteiger partial charge in [0.2, 0.25) is 0 Å². The second-order valence-electron chi connectivity index (χ2n) is 5.18. The number of benzene rings is 2. The van der Waals surface area contributed by atoms with Crippen LogP contribution in [0.15, 0.2) is 48.5 Å². The number of hydrogen-bond acceptors (Lipinski definition) is 4. The number of nitrogens with one attached hydrogen (secondary N) is 1. The summed E-state index contributed by atoms with van der Waals surface area (Å²) in [5.41, 5.74) is 7.30. The molecule has 0 saturated heterocycles. The molecule has 7 heteroatoms. The lowest BCUT2D eigenvalue weighted by Crippen LogP contribution is -2.28. The fourth-order valence-corrected chi connectivity index (χ4v) is 2.45. The molecular weight excluding hydrogens is 330 g/mol. The van der Waals surface area contributed by atoms with Gasteiger partial charge in [-0.05, 0) is 23.3 Å². The van der Waals surface area contributed by atoms with Gasteiger partial charge in [-0.2, -0.15) is 0 Å². The summed E-state index contributed by atoms with van der Waals surface area (Å²) in [6.45, 7) is 0.164. The number of phenols is 1. The first-order chi connectivity index (χ1) is 11.4. The van der Waals surface area contributed by atoms with Gasteiger partial charge < -0.3 is 15.6 Å². The minimum Gasteiger partial charge on any atom is -0.508 e. The Balaban J connectivity index is 2.11. The fourth-order valence-electron chi connectivity index (χ4n) is 2.22. The van der Waals surface area contributed by atoms with Crippen LogP contribution >= 0.6 is 11.8 Å². The third-order valence-electron chi connectivity index (χ3n) is 3.46. The minimum absolute atomic E-state index is 0.0244. The third kappa shape index (κ3) is 4.24. The van der Waals surface area contributed by atoms with Gasteiger partial charge in [-0.3, -0.25) is 10.2 Å². The molecule has 0 aliphatic carbocycles. The Morgan fingerprint density at radius 2 is 2.00 bits per heavy atom. The van der Waals surface area contributed by atoms with E-state index in [1.807, 2.05) is 0 Å². The molecule has 2 aromatic rings. The quantitative estimate of drug-likeness (QED) is 0.424. The van der Waals surface area contributed by atoms with Crippen molar-refractivity contribution < 1.29 is 14.6 Å². The van der Waals surface area contributed by atoms with Crippen molar-refractivity contribution in [1.29, 1.82) is 5.41 Å². The van der Waals surface area contributed by atoms with Crippen LogP contribution in [-0.2, 0) is 16.1 Å². The van der Waals surface area contributed by atoms with Gasteiger partial charge in [-0.15, -0.1) is 0 Å². The first-order valence-electron chi connectivity index (χ1n) is 7.14. The number of amides is 1. The zero-order valence-electron chi connectivity index (χ0n) is 13.1. The number of ether oxygens (including phenoxy) is 1. The lowest BCUT2D eigenvalue weighted by molar-refractivity contribution is -0.137. The number of nitrogens with two attached hydrogens (primary N) is 1. The van der Waals surface area contributed by atoms with Gasteiger partial charge in [-0.25, -0.2) is 4.42 Å². The molecule has 0 radical (unpaired) electrons. The van der Waals surface area contributed by atoms with E-state index in [1.165, 1.54) is 19.2 Å². The number of carbonyl (C=O) groups excluding carboxylic acids is 1. The molecule has 24 heavy (non-hydrogen) atoms. The molecule has 126 valence electrons. The highest BCUT2D eigenvalue weighted by atomic mass is 35.5. The summed E-state index contributed by atoms with van der Waals surface area (Å²) < 4.78 is 6.26. The van der Waals surface area contributed by atoms with Crippen molar-refractivity contribution in [3.8, 4) is 5.75 Å². The molecular formula is C17H18ClN3O3. The smallest absolute Gasteiger partial charge is 0.270 e. The van der Waals surface area contributed by atoms with Crippen molar-refractivity contribution in [2.75, 3.05) is 7.11 Å². The number of phenolic OH excluding ortho intramolecular Hbond substituents is 1. The maximum atomic E-state index is 12.5. The van der Waals surface area contributed by atoms with Crippen molar-refractivity contribution in [2.45, 2.75) is 12.6 Å². The highest BCUT2D eigenvalue weighted by Crippen LogP contribution is 2.24. The maximum absolute atomic E-state index is 12.5. The summed E-state index contributed by atoms with van der Waals surface area (Å²) in [7, 11) is 1.40. The highest BCUT2D eigenvalue weighted by molar-refractivity contribution is 6.21. The monoisotopic (exact) mass is 347 g/mol. The van der Waals surface area contributed by atoms with Crippen molar-refractivity contribution in [1.82, 2.24) is 4.42 Å². The number of nitrogens with zero attached hydrogens (tertiary/aromatic N) is 1. The second kappa shape index (κ2) is 7.81. The number of carbonyl (C=O) groups is 1. The number of halogens is 1. The minimum atomic E-state index is -0.911. The predicted molar refractivity (Wildman–Crippen MR) is 91.7 cm³/mol. The van der Waals surface area contributed by atoms with Crippen LogP contribution < -0.4 is 5.73 Å². The van der Waals surface area contributed by atoms with Crippen molar-refractivity contribution in [3.63, 3.8) is 0 Å². The molecule has 0 aliphatic rings. The highest BCUT2D eigenvalue weighted by Gasteiger charge is 2.25. The molecule has 2 rings (SSSR count). The van der Waals surface area contributed by atoms with Crippen LogP contribution in [0.3, 0.4) is 0 Å².